The summed E-state index contributed by atoms with van der Waals surface area (Å²) in [5.41, 5.74) is 0.847. The molecule has 0 nitrogen and oxygen atoms in total. The highest BCUT2D eigenvalue weighted by molar-refractivity contribution is 9.10. The van der Waals surface area contributed by atoms with Crippen molar-refractivity contribution in [3.63, 3.8) is 0 Å². The Morgan fingerprint density at radius 2 is 1.45 bits per heavy atom. The molecule has 0 amide bonds. The van der Waals surface area contributed by atoms with Crippen LogP contribution in [0.4, 0.5) is 0 Å². The first-order valence-corrected chi connectivity index (χ1v) is 9.65. The van der Waals surface area contributed by atoms with Crippen LogP contribution in [0.2, 0.25) is 0 Å². The van der Waals surface area contributed by atoms with Crippen molar-refractivity contribution in [2.24, 2.45) is 0 Å². The molecule has 0 N–H and O–H groups in total. The number of halogens is 1. The van der Waals surface area contributed by atoms with Crippen LogP contribution in [0.5, 0.6) is 0 Å². The van der Waals surface area contributed by atoms with Crippen LogP contribution in [0.25, 0.3) is 0 Å². The van der Waals surface area contributed by atoms with Crippen LogP contribution in [0, 0.1) is 0 Å². The third-order valence-electron chi connectivity index (χ3n) is 4.09. The quantitative estimate of drug-likeness (QED) is 0.669. The normalized spacial score (nSPS) is 17.9. The van der Waals surface area contributed by atoms with E-state index >= 15 is 0 Å². The third kappa shape index (κ3) is 3.15. The van der Waals surface area contributed by atoms with Gasteiger partial charge in [-0.3, -0.25) is 0 Å². The molecule has 0 aliphatic heterocycles. The van der Waals surface area contributed by atoms with Crippen molar-refractivity contribution in [3.8, 4) is 0 Å². The largest absolute Gasteiger partial charge is 0.0622 e. The van der Waals surface area contributed by atoms with Gasteiger partial charge in [-0.2, -0.15) is 0 Å². The summed E-state index contributed by atoms with van der Waals surface area (Å²) in [4.78, 5) is 0. The Morgan fingerprint density at radius 3 is 2.15 bits per heavy atom. The molecule has 104 valence electrons. The molecule has 0 saturated heterocycles. The van der Waals surface area contributed by atoms with Crippen molar-refractivity contribution in [1.82, 2.24) is 0 Å². The minimum absolute atomic E-state index is 0.237. The molecule has 1 fully saturated rings. The van der Waals surface area contributed by atoms with Gasteiger partial charge in [-0.1, -0.05) is 83.7 Å². The second kappa shape index (κ2) is 6.87. The molecule has 1 aliphatic rings. The molecule has 2 aromatic rings. The smallest absolute Gasteiger partial charge is 0.0255 e. The van der Waals surface area contributed by atoms with Crippen LogP contribution < -0.4 is 10.6 Å². The summed E-state index contributed by atoms with van der Waals surface area (Å²) in [6.07, 6.45) is 7.01. The Balaban J connectivity index is 2.01. The van der Waals surface area contributed by atoms with Gasteiger partial charge >= 0.3 is 0 Å². The van der Waals surface area contributed by atoms with Gasteiger partial charge in [0, 0.05) is 4.47 Å². The number of hydrogen-bond donors (Lipinski definition) is 0. The van der Waals surface area contributed by atoms with E-state index in [0.717, 1.165) is 5.66 Å². The van der Waals surface area contributed by atoms with E-state index in [1.54, 1.807) is 0 Å². The Hall–Kier alpha value is -0.650. The van der Waals surface area contributed by atoms with Crippen LogP contribution in [0.15, 0.2) is 59.1 Å². The predicted molar refractivity (Wildman–Crippen MR) is 93.6 cm³/mol. The SMILES string of the molecule is Brc1ccccc1[P@](c1ccccc1)C1CCCCC1. The maximum absolute atomic E-state index is 3.78. The molecule has 0 spiro atoms. The minimum Gasteiger partial charge on any atom is -0.0622 e. The summed E-state index contributed by atoms with van der Waals surface area (Å²) in [5.74, 6) is 0. The highest BCUT2D eigenvalue weighted by atomic mass is 79.9. The Labute approximate surface area is 131 Å². The van der Waals surface area contributed by atoms with Crippen LogP contribution in [-0.4, -0.2) is 5.66 Å². The summed E-state index contributed by atoms with van der Waals surface area (Å²) in [6.45, 7) is 0. The average molecular weight is 347 g/mol. The standard InChI is InChI=1S/C18H20BrP/c19-17-13-7-8-14-18(17)20(15-9-3-1-4-10-15)16-11-5-2-6-12-16/h1,3-4,7-10,13-14,16H,2,5-6,11-12H2/t20-/m1/s1. The van der Waals surface area contributed by atoms with E-state index in [1.165, 1.54) is 47.2 Å². The van der Waals surface area contributed by atoms with Gasteiger partial charge < -0.3 is 0 Å². The molecule has 0 heterocycles. The molecule has 1 saturated carbocycles. The molecular weight excluding hydrogens is 327 g/mol. The van der Waals surface area contributed by atoms with Gasteiger partial charge in [0.2, 0.25) is 0 Å². The molecule has 1 atom stereocenters. The minimum atomic E-state index is -0.237. The summed E-state index contributed by atoms with van der Waals surface area (Å²) < 4.78 is 1.28. The first-order chi connectivity index (χ1) is 9.86. The molecule has 1 aliphatic carbocycles. The Bertz CT molecular complexity index is 546. The van der Waals surface area contributed by atoms with E-state index in [0.29, 0.717) is 0 Å². The van der Waals surface area contributed by atoms with E-state index in [2.05, 4.69) is 70.5 Å². The van der Waals surface area contributed by atoms with Gasteiger partial charge in [0.1, 0.15) is 0 Å². The summed E-state index contributed by atoms with van der Waals surface area (Å²) >= 11 is 3.78. The highest BCUT2D eigenvalue weighted by Gasteiger charge is 2.27. The Kier molecular flexibility index (Phi) is 4.91. The first-order valence-electron chi connectivity index (χ1n) is 7.45. The Morgan fingerprint density at radius 1 is 0.800 bits per heavy atom. The van der Waals surface area contributed by atoms with Crippen molar-refractivity contribution >= 4 is 34.5 Å². The van der Waals surface area contributed by atoms with E-state index < -0.39 is 0 Å². The number of rotatable bonds is 3. The summed E-state index contributed by atoms with van der Waals surface area (Å²) in [7, 11) is -0.237. The van der Waals surface area contributed by atoms with E-state index in [1.807, 2.05) is 0 Å². The fourth-order valence-corrected chi connectivity index (χ4v) is 7.00. The van der Waals surface area contributed by atoms with Crippen LogP contribution in [0.1, 0.15) is 32.1 Å². The average Bonchev–Trinajstić information content (AvgIpc) is 2.52. The fraction of sp³-hybridized carbons (Fsp3) is 0.333. The molecule has 0 unspecified atom stereocenters. The van der Waals surface area contributed by atoms with Gasteiger partial charge in [0.25, 0.3) is 0 Å². The lowest BCUT2D eigenvalue weighted by Gasteiger charge is -2.32. The zero-order chi connectivity index (χ0) is 13.8. The van der Waals surface area contributed by atoms with Gasteiger partial charge in [0.05, 0.1) is 0 Å². The van der Waals surface area contributed by atoms with Crippen molar-refractivity contribution < 1.29 is 0 Å². The topological polar surface area (TPSA) is 0 Å². The predicted octanol–water partition coefficient (Wildman–Crippen LogP) is 5.21. The van der Waals surface area contributed by atoms with E-state index in [4.69, 9.17) is 0 Å². The fourth-order valence-electron chi connectivity index (χ4n) is 3.12. The molecular formula is C18H20BrP. The van der Waals surface area contributed by atoms with E-state index in [-0.39, 0.29) is 7.92 Å². The number of hydrogen-bond acceptors (Lipinski definition) is 0. The maximum atomic E-state index is 3.78. The van der Waals surface area contributed by atoms with Crippen molar-refractivity contribution in [2.45, 2.75) is 37.8 Å². The lowest BCUT2D eigenvalue weighted by molar-refractivity contribution is 0.513. The first kappa shape index (κ1) is 14.3. The maximum Gasteiger partial charge on any atom is 0.0255 e. The van der Waals surface area contributed by atoms with Gasteiger partial charge in [-0.05, 0) is 43.1 Å². The zero-order valence-electron chi connectivity index (χ0n) is 11.6. The molecule has 0 aromatic heterocycles. The van der Waals surface area contributed by atoms with Crippen LogP contribution in [0.3, 0.4) is 0 Å². The summed E-state index contributed by atoms with van der Waals surface area (Å²) in [6, 6.07) is 19.9. The number of benzene rings is 2. The third-order valence-corrected chi connectivity index (χ3v) is 8.09. The molecule has 2 heteroatoms. The lowest BCUT2D eigenvalue weighted by Crippen LogP contribution is -2.24. The molecule has 3 rings (SSSR count). The van der Waals surface area contributed by atoms with Crippen LogP contribution in [-0.2, 0) is 0 Å². The van der Waals surface area contributed by atoms with Crippen molar-refractivity contribution in [3.05, 3.63) is 59.1 Å². The van der Waals surface area contributed by atoms with Gasteiger partial charge in [-0.15, -0.1) is 0 Å². The lowest BCUT2D eigenvalue weighted by atomic mass is 10.0. The highest BCUT2D eigenvalue weighted by Crippen LogP contribution is 2.47. The van der Waals surface area contributed by atoms with Gasteiger partial charge in [0.15, 0.2) is 0 Å². The van der Waals surface area contributed by atoms with Crippen molar-refractivity contribution in [1.29, 1.82) is 0 Å². The molecule has 0 bridgehead atoms. The van der Waals surface area contributed by atoms with E-state index in [9.17, 15) is 0 Å². The van der Waals surface area contributed by atoms with Crippen LogP contribution >= 0.6 is 23.9 Å². The second-order valence-electron chi connectivity index (χ2n) is 5.45. The summed E-state index contributed by atoms with van der Waals surface area (Å²) in [5, 5.41) is 3.04. The molecule has 0 radical (unpaired) electrons. The monoisotopic (exact) mass is 346 g/mol. The van der Waals surface area contributed by atoms with Gasteiger partial charge in [-0.25, -0.2) is 0 Å². The molecule has 20 heavy (non-hydrogen) atoms. The molecule has 2 aromatic carbocycles. The zero-order valence-corrected chi connectivity index (χ0v) is 14.1. The second-order valence-corrected chi connectivity index (χ2v) is 8.77. The van der Waals surface area contributed by atoms with Crippen molar-refractivity contribution in [2.75, 3.05) is 0 Å².